The van der Waals surface area contributed by atoms with Gasteiger partial charge in [0, 0.05) is 6.20 Å². The molecule has 0 aliphatic rings. The molecule has 0 unspecified atom stereocenters. The van der Waals surface area contributed by atoms with E-state index >= 15 is 0 Å². The van der Waals surface area contributed by atoms with Crippen LogP contribution in [0.2, 0.25) is 0 Å². The predicted molar refractivity (Wildman–Crippen MR) is 57.3 cm³/mol. The van der Waals surface area contributed by atoms with Crippen molar-refractivity contribution in [1.29, 1.82) is 0 Å². The van der Waals surface area contributed by atoms with E-state index in [1.807, 2.05) is 7.05 Å². The molecule has 0 aliphatic carbocycles. The first-order valence-corrected chi connectivity index (χ1v) is 4.81. The summed E-state index contributed by atoms with van der Waals surface area (Å²) in [4.78, 5) is 3.94. The monoisotopic (exact) mass is 195 g/mol. The van der Waals surface area contributed by atoms with Gasteiger partial charge in [-0.3, -0.25) is 4.98 Å². The number of nitrogens with zero attached hydrogens (tertiary/aromatic N) is 1. The van der Waals surface area contributed by atoms with Gasteiger partial charge in [-0.05, 0) is 32.5 Å². The molecule has 1 heterocycles. The maximum Gasteiger partial charge on any atom is 0.160 e. The lowest BCUT2D eigenvalue weighted by Crippen LogP contribution is -2.09. The normalized spacial score (nSPS) is 10.1. The fourth-order valence-electron chi connectivity index (χ4n) is 1.10. The molecule has 0 saturated carbocycles. The first kappa shape index (κ1) is 10.8. The van der Waals surface area contributed by atoms with Crippen molar-refractivity contribution in [1.82, 2.24) is 10.3 Å². The fraction of sp³-hybridized carbons (Fsp3) is 0.500. The molecule has 0 bridgehead atoms. The van der Waals surface area contributed by atoms with Crippen molar-refractivity contribution in [3.63, 3.8) is 0 Å². The minimum absolute atomic E-state index is 0.647. The molecule has 3 N–H and O–H groups in total. The standard InChI is InChI=1S/C10H17N3O/c1-12-5-2-3-7-14-10-8-13-6-4-9(10)11/h4,6,8,12H,2-3,5,7H2,1H3,(H2,11,13). The van der Waals surface area contributed by atoms with Gasteiger partial charge in [-0.2, -0.15) is 0 Å². The Hall–Kier alpha value is -1.29. The number of nitrogens with one attached hydrogen (secondary N) is 1. The first-order valence-electron chi connectivity index (χ1n) is 4.81. The smallest absolute Gasteiger partial charge is 0.160 e. The van der Waals surface area contributed by atoms with Gasteiger partial charge in [-0.1, -0.05) is 0 Å². The Bertz CT molecular complexity index is 265. The Morgan fingerprint density at radius 1 is 1.50 bits per heavy atom. The molecule has 4 nitrogen and oxygen atoms in total. The Balaban J connectivity index is 2.21. The third-order valence-corrected chi connectivity index (χ3v) is 1.90. The van der Waals surface area contributed by atoms with Crippen molar-refractivity contribution < 1.29 is 4.74 Å². The van der Waals surface area contributed by atoms with Gasteiger partial charge < -0.3 is 15.8 Å². The molecule has 0 radical (unpaired) electrons. The number of nitrogen functional groups attached to an aromatic ring is 1. The highest BCUT2D eigenvalue weighted by molar-refractivity contribution is 5.49. The molecule has 78 valence electrons. The largest absolute Gasteiger partial charge is 0.490 e. The molecule has 0 atom stereocenters. The molecule has 0 amide bonds. The summed E-state index contributed by atoms with van der Waals surface area (Å²) in [6.07, 6.45) is 5.43. The van der Waals surface area contributed by atoms with Crippen LogP contribution in [0.25, 0.3) is 0 Å². The zero-order valence-corrected chi connectivity index (χ0v) is 8.49. The molecule has 4 heteroatoms. The summed E-state index contributed by atoms with van der Waals surface area (Å²) >= 11 is 0. The van der Waals surface area contributed by atoms with Crippen molar-refractivity contribution >= 4 is 5.69 Å². The van der Waals surface area contributed by atoms with E-state index in [4.69, 9.17) is 10.5 Å². The molecule has 0 fully saturated rings. The number of rotatable bonds is 6. The van der Waals surface area contributed by atoms with Crippen molar-refractivity contribution in [3.8, 4) is 5.75 Å². The number of nitrogens with two attached hydrogens (primary N) is 1. The fourth-order valence-corrected chi connectivity index (χ4v) is 1.10. The summed E-state index contributed by atoms with van der Waals surface area (Å²) in [5.41, 5.74) is 6.33. The lowest BCUT2D eigenvalue weighted by molar-refractivity contribution is 0.307. The maximum atomic E-state index is 5.68. The van der Waals surface area contributed by atoms with Crippen LogP contribution in [0.15, 0.2) is 18.5 Å². The van der Waals surface area contributed by atoms with Crippen molar-refractivity contribution in [2.75, 3.05) is 25.9 Å². The lowest BCUT2D eigenvalue weighted by Gasteiger charge is -2.07. The predicted octanol–water partition coefficient (Wildman–Crippen LogP) is 1.04. The number of aromatic nitrogens is 1. The van der Waals surface area contributed by atoms with Crippen molar-refractivity contribution in [2.24, 2.45) is 0 Å². The average molecular weight is 195 g/mol. The summed E-state index contributed by atoms with van der Waals surface area (Å²) in [6.45, 7) is 1.71. The second-order valence-corrected chi connectivity index (χ2v) is 3.07. The van der Waals surface area contributed by atoms with Crippen LogP contribution in [0.3, 0.4) is 0 Å². The van der Waals surface area contributed by atoms with E-state index in [1.165, 1.54) is 0 Å². The number of ether oxygens (including phenoxy) is 1. The second kappa shape index (κ2) is 6.21. The SMILES string of the molecule is CNCCCCOc1cnccc1N. The number of hydrogen-bond acceptors (Lipinski definition) is 4. The van der Waals surface area contributed by atoms with Gasteiger partial charge in [-0.25, -0.2) is 0 Å². The minimum atomic E-state index is 0.647. The third kappa shape index (κ3) is 3.62. The van der Waals surface area contributed by atoms with E-state index in [-0.39, 0.29) is 0 Å². The van der Waals surface area contributed by atoms with Crippen LogP contribution in [-0.4, -0.2) is 25.2 Å². The zero-order valence-electron chi connectivity index (χ0n) is 8.49. The van der Waals surface area contributed by atoms with E-state index in [2.05, 4.69) is 10.3 Å². The summed E-state index contributed by atoms with van der Waals surface area (Å²) in [7, 11) is 1.94. The molecule has 1 aromatic rings. The van der Waals surface area contributed by atoms with Crippen LogP contribution >= 0.6 is 0 Å². The molecule has 0 spiro atoms. The Morgan fingerprint density at radius 2 is 2.36 bits per heavy atom. The van der Waals surface area contributed by atoms with Crippen LogP contribution in [-0.2, 0) is 0 Å². The lowest BCUT2D eigenvalue weighted by atomic mass is 10.3. The molecule has 0 aliphatic heterocycles. The van der Waals surface area contributed by atoms with Gasteiger partial charge in [0.25, 0.3) is 0 Å². The summed E-state index contributed by atoms with van der Waals surface area (Å²) < 4.78 is 5.47. The molecule has 1 rings (SSSR count). The topological polar surface area (TPSA) is 60.2 Å². The number of unbranched alkanes of at least 4 members (excludes halogenated alkanes) is 1. The van der Waals surface area contributed by atoms with E-state index in [0.29, 0.717) is 18.0 Å². The molecular formula is C10H17N3O. The van der Waals surface area contributed by atoms with Crippen LogP contribution in [0.1, 0.15) is 12.8 Å². The summed E-state index contributed by atoms with van der Waals surface area (Å²) in [5, 5.41) is 3.09. The minimum Gasteiger partial charge on any atom is -0.490 e. The van der Waals surface area contributed by atoms with E-state index in [9.17, 15) is 0 Å². The van der Waals surface area contributed by atoms with Crippen molar-refractivity contribution in [2.45, 2.75) is 12.8 Å². The number of pyridine rings is 1. The quantitative estimate of drug-likeness (QED) is 0.666. The van der Waals surface area contributed by atoms with Gasteiger partial charge in [-0.15, -0.1) is 0 Å². The van der Waals surface area contributed by atoms with Gasteiger partial charge in [0.05, 0.1) is 18.5 Å². The average Bonchev–Trinajstić information content (AvgIpc) is 2.20. The van der Waals surface area contributed by atoms with Gasteiger partial charge >= 0.3 is 0 Å². The Kier molecular flexibility index (Phi) is 4.78. The van der Waals surface area contributed by atoms with Crippen LogP contribution in [0.5, 0.6) is 5.75 Å². The molecular weight excluding hydrogens is 178 g/mol. The van der Waals surface area contributed by atoms with Gasteiger partial charge in [0.1, 0.15) is 0 Å². The Labute approximate surface area is 84.5 Å². The van der Waals surface area contributed by atoms with Gasteiger partial charge in [0.15, 0.2) is 5.75 Å². The van der Waals surface area contributed by atoms with Crippen LogP contribution < -0.4 is 15.8 Å². The van der Waals surface area contributed by atoms with E-state index in [0.717, 1.165) is 19.4 Å². The van der Waals surface area contributed by atoms with E-state index in [1.54, 1.807) is 18.5 Å². The highest BCUT2D eigenvalue weighted by atomic mass is 16.5. The number of anilines is 1. The van der Waals surface area contributed by atoms with Crippen molar-refractivity contribution in [3.05, 3.63) is 18.5 Å². The van der Waals surface area contributed by atoms with Crippen LogP contribution in [0, 0.1) is 0 Å². The Morgan fingerprint density at radius 3 is 3.07 bits per heavy atom. The van der Waals surface area contributed by atoms with Gasteiger partial charge in [0.2, 0.25) is 0 Å². The summed E-state index contributed by atoms with van der Waals surface area (Å²) in [5.74, 6) is 0.678. The third-order valence-electron chi connectivity index (χ3n) is 1.90. The summed E-state index contributed by atoms with van der Waals surface area (Å²) in [6, 6.07) is 1.74. The first-order chi connectivity index (χ1) is 6.84. The molecule has 0 aromatic carbocycles. The maximum absolute atomic E-state index is 5.68. The molecule has 14 heavy (non-hydrogen) atoms. The van der Waals surface area contributed by atoms with E-state index < -0.39 is 0 Å². The van der Waals surface area contributed by atoms with Crippen LogP contribution in [0.4, 0.5) is 5.69 Å². The zero-order chi connectivity index (χ0) is 10.2. The second-order valence-electron chi connectivity index (χ2n) is 3.07. The number of hydrogen-bond donors (Lipinski definition) is 2. The molecule has 1 aromatic heterocycles. The highest BCUT2D eigenvalue weighted by Gasteiger charge is 1.97. The molecule has 0 saturated heterocycles. The highest BCUT2D eigenvalue weighted by Crippen LogP contribution is 2.18.